The van der Waals surface area contributed by atoms with Crippen LogP contribution >= 0.6 is 11.8 Å². The lowest BCUT2D eigenvalue weighted by Gasteiger charge is -2.03. The summed E-state index contributed by atoms with van der Waals surface area (Å²) in [7, 11) is 0. The molecule has 0 aliphatic rings. The van der Waals surface area contributed by atoms with Gasteiger partial charge >= 0.3 is 0 Å². The molecule has 0 aliphatic heterocycles. The molecule has 1 heterocycles. The van der Waals surface area contributed by atoms with E-state index in [0.717, 1.165) is 18.6 Å². The number of benzene rings is 1. The second-order valence-corrected chi connectivity index (χ2v) is 5.95. The van der Waals surface area contributed by atoms with Crippen molar-refractivity contribution in [2.24, 2.45) is 0 Å². The Balaban J connectivity index is 2.02. The van der Waals surface area contributed by atoms with Crippen molar-refractivity contribution in [3.05, 3.63) is 35.6 Å². The Bertz CT molecular complexity index is 643. The summed E-state index contributed by atoms with van der Waals surface area (Å²) >= 11 is 1.77. The van der Waals surface area contributed by atoms with Crippen LogP contribution in [0.1, 0.15) is 24.8 Å². The SMILES string of the molecule is CSCCCCC(=O)Nc1noc(-c2ccccc2F)c1C. The predicted molar refractivity (Wildman–Crippen MR) is 87.5 cm³/mol. The van der Waals surface area contributed by atoms with Gasteiger partial charge in [-0.3, -0.25) is 4.79 Å². The van der Waals surface area contributed by atoms with Crippen molar-refractivity contribution in [2.75, 3.05) is 17.3 Å². The first-order valence-corrected chi connectivity index (χ1v) is 8.53. The number of rotatable bonds is 7. The Hall–Kier alpha value is -1.82. The molecule has 2 aromatic rings. The van der Waals surface area contributed by atoms with Crippen LogP contribution in [0.4, 0.5) is 10.2 Å². The molecule has 22 heavy (non-hydrogen) atoms. The number of nitrogens with one attached hydrogen (secondary N) is 1. The summed E-state index contributed by atoms with van der Waals surface area (Å²) in [4.78, 5) is 11.9. The fraction of sp³-hybridized carbons (Fsp3) is 0.375. The highest BCUT2D eigenvalue weighted by Gasteiger charge is 2.17. The van der Waals surface area contributed by atoms with E-state index in [2.05, 4.69) is 10.5 Å². The number of thioether (sulfide) groups is 1. The molecule has 0 saturated carbocycles. The van der Waals surface area contributed by atoms with Gasteiger partial charge < -0.3 is 9.84 Å². The van der Waals surface area contributed by atoms with Gasteiger partial charge in [-0.25, -0.2) is 4.39 Å². The van der Waals surface area contributed by atoms with Gasteiger partial charge in [0, 0.05) is 12.0 Å². The third-order valence-corrected chi connectivity index (χ3v) is 4.00. The maximum absolute atomic E-state index is 13.8. The lowest BCUT2D eigenvalue weighted by Crippen LogP contribution is -2.12. The molecule has 0 atom stereocenters. The zero-order valence-corrected chi connectivity index (χ0v) is 13.5. The van der Waals surface area contributed by atoms with Crippen LogP contribution < -0.4 is 5.32 Å². The Kier molecular flexibility index (Phi) is 6.00. The molecule has 6 heteroatoms. The van der Waals surface area contributed by atoms with Crippen LogP contribution in [0.5, 0.6) is 0 Å². The zero-order valence-electron chi connectivity index (χ0n) is 12.7. The minimum atomic E-state index is -0.378. The minimum absolute atomic E-state index is 0.0995. The first-order chi connectivity index (χ1) is 10.6. The molecule has 1 amide bonds. The lowest BCUT2D eigenvalue weighted by molar-refractivity contribution is -0.116. The fourth-order valence-corrected chi connectivity index (χ4v) is 2.57. The maximum atomic E-state index is 13.8. The molecule has 0 fully saturated rings. The van der Waals surface area contributed by atoms with Gasteiger partial charge in [0.2, 0.25) is 5.91 Å². The lowest BCUT2D eigenvalue weighted by atomic mass is 10.1. The number of carbonyl (C=O) groups is 1. The van der Waals surface area contributed by atoms with E-state index in [1.54, 1.807) is 36.9 Å². The Morgan fingerprint density at radius 2 is 2.14 bits per heavy atom. The average Bonchev–Trinajstić information content (AvgIpc) is 2.85. The smallest absolute Gasteiger partial charge is 0.225 e. The Morgan fingerprint density at radius 1 is 1.36 bits per heavy atom. The topological polar surface area (TPSA) is 55.1 Å². The molecular weight excluding hydrogens is 303 g/mol. The van der Waals surface area contributed by atoms with Crippen LogP contribution in [0, 0.1) is 12.7 Å². The molecular formula is C16H19FN2O2S. The Labute approximate surface area is 133 Å². The van der Waals surface area contributed by atoms with E-state index in [9.17, 15) is 9.18 Å². The summed E-state index contributed by atoms with van der Waals surface area (Å²) in [5.41, 5.74) is 0.968. The molecule has 0 spiro atoms. The highest BCUT2D eigenvalue weighted by molar-refractivity contribution is 7.98. The molecule has 1 N–H and O–H groups in total. The molecule has 0 saturated heterocycles. The normalized spacial score (nSPS) is 10.7. The second kappa shape index (κ2) is 7.98. The molecule has 0 bridgehead atoms. The van der Waals surface area contributed by atoms with Gasteiger partial charge in [0.1, 0.15) is 5.82 Å². The number of anilines is 1. The van der Waals surface area contributed by atoms with Crippen LogP contribution in [-0.4, -0.2) is 23.1 Å². The molecule has 4 nitrogen and oxygen atoms in total. The van der Waals surface area contributed by atoms with Gasteiger partial charge in [0.15, 0.2) is 11.6 Å². The largest absolute Gasteiger partial charge is 0.354 e. The van der Waals surface area contributed by atoms with Gasteiger partial charge in [-0.1, -0.05) is 17.3 Å². The molecule has 1 aromatic heterocycles. The number of hydrogen-bond donors (Lipinski definition) is 1. The minimum Gasteiger partial charge on any atom is -0.354 e. The van der Waals surface area contributed by atoms with E-state index in [4.69, 9.17) is 4.52 Å². The van der Waals surface area contributed by atoms with Crippen molar-refractivity contribution < 1.29 is 13.7 Å². The van der Waals surface area contributed by atoms with Crippen LogP contribution in [0.15, 0.2) is 28.8 Å². The van der Waals surface area contributed by atoms with Crippen LogP contribution in [0.2, 0.25) is 0 Å². The van der Waals surface area contributed by atoms with Crippen LogP contribution in [-0.2, 0) is 4.79 Å². The fourth-order valence-electron chi connectivity index (χ4n) is 2.08. The maximum Gasteiger partial charge on any atom is 0.225 e. The number of hydrogen-bond acceptors (Lipinski definition) is 4. The van der Waals surface area contributed by atoms with E-state index in [1.807, 2.05) is 6.26 Å². The number of nitrogens with zero attached hydrogens (tertiary/aromatic N) is 1. The average molecular weight is 322 g/mol. The number of amides is 1. The highest BCUT2D eigenvalue weighted by atomic mass is 32.2. The van der Waals surface area contributed by atoms with Crippen molar-refractivity contribution in [3.63, 3.8) is 0 Å². The summed E-state index contributed by atoms with van der Waals surface area (Å²) in [5.74, 6) is 1.27. The first-order valence-electron chi connectivity index (χ1n) is 7.13. The number of aromatic nitrogens is 1. The molecule has 2 rings (SSSR count). The van der Waals surface area contributed by atoms with E-state index in [0.29, 0.717) is 29.1 Å². The number of carbonyl (C=O) groups excluding carboxylic acids is 1. The van der Waals surface area contributed by atoms with Gasteiger partial charge in [-0.05, 0) is 43.9 Å². The number of halogens is 1. The van der Waals surface area contributed by atoms with Gasteiger partial charge in [0.05, 0.1) is 5.56 Å². The van der Waals surface area contributed by atoms with E-state index in [1.165, 1.54) is 6.07 Å². The third kappa shape index (κ3) is 4.10. The van der Waals surface area contributed by atoms with Crippen molar-refractivity contribution >= 4 is 23.5 Å². The quantitative estimate of drug-likeness (QED) is 0.774. The van der Waals surface area contributed by atoms with Crippen molar-refractivity contribution in [1.29, 1.82) is 0 Å². The molecule has 1 aromatic carbocycles. The first kappa shape index (κ1) is 16.5. The summed E-state index contributed by atoms with van der Waals surface area (Å²) in [5, 5.41) is 6.56. The summed E-state index contributed by atoms with van der Waals surface area (Å²) in [6.45, 7) is 1.75. The van der Waals surface area contributed by atoms with E-state index < -0.39 is 0 Å². The second-order valence-electron chi connectivity index (χ2n) is 4.96. The van der Waals surface area contributed by atoms with Gasteiger partial charge in [-0.2, -0.15) is 11.8 Å². The monoisotopic (exact) mass is 322 g/mol. The highest BCUT2D eigenvalue weighted by Crippen LogP contribution is 2.30. The predicted octanol–water partition coefficient (Wildman–Crippen LogP) is 4.26. The third-order valence-electron chi connectivity index (χ3n) is 3.30. The molecule has 0 radical (unpaired) electrons. The summed E-state index contributed by atoms with van der Waals surface area (Å²) < 4.78 is 19.0. The van der Waals surface area contributed by atoms with Crippen LogP contribution in [0.3, 0.4) is 0 Å². The van der Waals surface area contributed by atoms with Gasteiger partial charge in [-0.15, -0.1) is 0 Å². The molecule has 118 valence electrons. The molecule has 0 unspecified atom stereocenters. The number of unbranched alkanes of at least 4 members (excludes halogenated alkanes) is 1. The zero-order chi connectivity index (χ0) is 15.9. The summed E-state index contributed by atoms with van der Waals surface area (Å²) in [6, 6.07) is 6.32. The van der Waals surface area contributed by atoms with E-state index >= 15 is 0 Å². The van der Waals surface area contributed by atoms with Gasteiger partial charge in [0.25, 0.3) is 0 Å². The Morgan fingerprint density at radius 3 is 2.86 bits per heavy atom. The molecule has 0 aliphatic carbocycles. The van der Waals surface area contributed by atoms with E-state index in [-0.39, 0.29) is 11.7 Å². The van der Waals surface area contributed by atoms with Crippen molar-refractivity contribution in [2.45, 2.75) is 26.2 Å². The standard InChI is InChI=1S/C16H19FN2O2S/c1-11-15(12-7-3-4-8-13(12)17)21-19-16(11)18-14(20)9-5-6-10-22-2/h3-4,7-8H,5-6,9-10H2,1-2H3,(H,18,19,20). The summed E-state index contributed by atoms with van der Waals surface area (Å²) in [6.07, 6.45) is 4.33. The van der Waals surface area contributed by atoms with Crippen molar-refractivity contribution in [1.82, 2.24) is 5.16 Å². The van der Waals surface area contributed by atoms with Crippen molar-refractivity contribution in [3.8, 4) is 11.3 Å². The van der Waals surface area contributed by atoms with Crippen LogP contribution in [0.25, 0.3) is 11.3 Å².